The third-order valence-electron chi connectivity index (χ3n) is 6.58. The summed E-state index contributed by atoms with van der Waals surface area (Å²) in [6, 6.07) is 0. The summed E-state index contributed by atoms with van der Waals surface area (Å²) in [6.07, 6.45) is 29.4. The monoisotopic (exact) mass is 396 g/mol. The summed E-state index contributed by atoms with van der Waals surface area (Å²) in [7, 11) is 0. The van der Waals surface area contributed by atoms with E-state index in [0.29, 0.717) is 0 Å². The Morgan fingerprint density at radius 2 is 0.786 bits per heavy atom. The Balaban J connectivity index is 1.64. The van der Waals surface area contributed by atoms with Crippen LogP contribution in [0.15, 0.2) is 0 Å². The van der Waals surface area contributed by atoms with Crippen molar-refractivity contribution in [3.63, 3.8) is 0 Å². The van der Waals surface area contributed by atoms with E-state index in [2.05, 4.69) is 6.92 Å². The van der Waals surface area contributed by atoms with Crippen LogP contribution < -0.4 is 4.90 Å². The maximum atomic E-state index is 5.43. The summed E-state index contributed by atoms with van der Waals surface area (Å²) in [5, 5.41) is 0. The number of ether oxygens (including phenoxy) is 1. The van der Waals surface area contributed by atoms with Crippen molar-refractivity contribution >= 4 is 0 Å². The second kappa shape index (κ2) is 21.6. The van der Waals surface area contributed by atoms with Gasteiger partial charge in [-0.05, 0) is 12.8 Å². The van der Waals surface area contributed by atoms with Crippen molar-refractivity contribution < 1.29 is 9.64 Å². The predicted octanol–water partition coefficient (Wildman–Crippen LogP) is 6.72. The zero-order chi connectivity index (χ0) is 20.0. The fourth-order valence-electron chi connectivity index (χ4n) is 4.54. The highest BCUT2D eigenvalue weighted by Crippen LogP contribution is 2.14. The van der Waals surface area contributed by atoms with Crippen molar-refractivity contribution in [2.75, 3.05) is 32.8 Å². The van der Waals surface area contributed by atoms with Gasteiger partial charge in [-0.3, -0.25) is 0 Å². The van der Waals surface area contributed by atoms with Crippen LogP contribution in [0.2, 0.25) is 0 Å². The van der Waals surface area contributed by atoms with Gasteiger partial charge in [-0.2, -0.15) is 0 Å². The second-order valence-electron chi connectivity index (χ2n) is 9.33. The normalized spacial score (nSPS) is 15.3. The molecule has 0 spiro atoms. The molecule has 1 fully saturated rings. The van der Waals surface area contributed by atoms with E-state index in [1.807, 2.05) is 0 Å². The maximum Gasteiger partial charge on any atom is 0.101 e. The van der Waals surface area contributed by atoms with Crippen molar-refractivity contribution in [1.29, 1.82) is 0 Å². The Kier molecular flexibility index (Phi) is 20.0. The van der Waals surface area contributed by atoms with Crippen molar-refractivity contribution in [3.8, 4) is 0 Å². The lowest BCUT2D eigenvalue weighted by Crippen LogP contribution is -3.14. The van der Waals surface area contributed by atoms with Gasteiger partial charge in [-0.15, -0.1) is 0 Å². The van der Waals surface area contributed by atoms with Gasteiger partial charge < -0.3 is 9.64 Å². The molecular formula is C26H54NO+. The van der Waals surface area contributed by atoms with E-state index in [-0.39, 0.29) is 0 Å². The number of hydrogen-bond acceptors (Lipinski definition) is 1. The van der Waals surface area contributed by atoms with Crippen LogP contribution in [0.4, 0.5) is 0 Å². The number of morpholine rings is 1. The zero-order valence-electron chi connectivity index (χ0n) is 19.6. The van der Waals surface area contributed by atoms with E-state index < -0.39 is 0 Å². The van der Waals surface area contributed by atoms with Crippen LogP contribution in [0, 0.1) is 0 Å². The summed E-state index contributed by atoms with van der Waals surface area (Å²) in [4.78, 5) is 1.77. The minimum absolute atomic E-state index is 0.981. The molecule has 0 aromatic carbocycles. The van der Waals surface area contributed by atoms with Crippen LogP contribution in [0.5, 0.6) is 0 Å². The van der Waals surface area contributed by atoms with Crippen LogP contribution in [0.3, 0.4) is 0 Å². The quantitative estimate of drug-likeness (QED) is 0.212. The lowest BCUT2D eigenvalue weighted by atomic mass is 10.0. The number of quaternary nitrogens is 1. The molecule has 1 aliphatic rings. The number of unbranched alkanes of at least 4 members (excludes halogenated alkanes) is 19. The molecule has 1 saturated heterocycles. The van der Waals surface area contributed by atoms with Gasteiger partial charge >= 0.3 is 0 Å². The van der Waals surface area contributed by atoms with Gasteiger partial charge in [0, 0.05) is 0 Å². The molecule has 28 heavy (non-hydrogen) atoms. The van der Waals surface area contributed by atoms with Gasteiger partial charge in [0.2, 0.25) is 0 Å². The molecule has 1 heterocycles. The van der Waals surface area contributed by atoms with E-state index in [1.165, 1.54) is 148 Å². The highest BCUT2D eigenvalue weighted by atomic mass is 16.5. The molecule has 2 heteroatoms. The van der Waals surface area contributed by atoms with Gasteiger partial charge in [0.15, 0.2) is 0 Å². The summed E-state index contributed by atoms with van der Waals surface area (Å²) >= 11 is 0. The predicted molar refractivity (Wildman–Crippen MR) is 124 cm³/mol. The Morgan fingerprint density at radius 1 is 0.464 bits per heavy atom. The molecule has 1 rings (SSSR count). The van der Waals surface area contributed by atoms with E-state index in [4.69, 9.17) is 4.74 Å². The highest BCUT2D eigenvalue weighted by molar-refractivity contribution is 4.51. The van der Waals surface area contributed by atoms with E-state index in [9.17, 15) is 0 Å². The molecule has 0 aromatic heterocycles. The fraction of sp³-hybridized carbons (Fsp3) is 1.00. The number of hydrogen-bond donors (Lipinski definition) is 1. The molecular weight excluding hydrogens is 342 g/mol. The molecule has 0 unspecified atom stereocenters. The topological polar surface area (TPSA) is 13.7 Å². The number of rotatable bonds is 21. The van der Waals surface area contributed by atoms with Crippen LogP contribution >= 0.6 is 0 Å². The van der Waals surface area contributed by atoms with Gasteiger partial charge in [-0.25, -0.2) is 0 Å². The van der Waals surface area contributed by atoms with Crippen molar-refractivity contribution in [2.24, 2.45) is 0 Å². The zero-order valence-corrected chi connectivity index (χ0v) is 19.6. The molecule has 0 bridgehead atoms. The molecule has 0 radical (unpaired) electrons. The van der Waals surface area contributed by atoms with Crippen molar-refractivity contribution in [3.05, 3.63) is 0 Å². The van der Waals surface area contributed by atoms with E-state index in [0.717, 1.165) is 13.2 Å². The van der Waals surface area contributed by atoms with Crippen molar-refractivity contribution in [2.45, 2.75) is 135 Å². The SMILES string of the molecule is CCCCCCCCCCCCCCCCCCCCCC[NH+]1CCOCC1. The summed E-state index contributed by atoms with van der Waals surface area (Å²) in [5.74, 6) is 0. The average molecular weight is 397 g/mol. The molecule has 0 aliphatic carbocycles. The summed E-state index contributed by atoms with van der Waals surface area (Å²) in [6.45, 7) is 8.11. The van der Waals surface area contributed by atoms with Gasteiger partial charge in [0.25, 0.3) is 0 Å². The first-order valence-corrected chi connectivity index (χ1v) is 13.3. The highest BCUT2D eigenvalue weighted by Gasteiger charge is 2.12. The minimum atomic E-state index is 0.981. The standard InChI is InChI=1S/C26H53NO/c1-2-3-4-5-6-7-8-9-10-11-12-13-14-15-16-17-18-19-20-21-22-27-23-25-28-26-24-27/h2-26H2,1H3/p+1. The molecule has 1 aliphatic heterocycles. The third-order valence-corrected chi connectivity index (χ3v) is 6.58. The van der Waals surface area contributed by atoms with Crippen LogP contribution in [0.25, 0.3) is 0 Å². The van der Waals surface area contributed by atoms with E-state index in [1.54, 1.807) is 4.90 Å². The minimum Gasteiger partial charge on any atom is -0.370 e. The average Bonchev–Trinajstić information content (AvgIpc) is 2.73. The van der Waals surface area contributed by atoms with Gasteiger partial charge in [-0.1, -0.05) is 122 Å². The number of nitrogens with one attached hydrogen (secondary N) is 1. The van der Waals surface area contributed by atoms with Gasteiger partial charge in [0.1, 0.15) is 13.1 Å². The van der Waals surface area contributed by atoms with Crippen molar-refractivity contribution in [1.82, 2.24) is 0 Å². The molecule has 0 amide bonds. The molecule has 0 aromatic rings. The van der Waals surface area contributed by atoms with E-state index >= 15 is 0 Å². The molecule has 2 nitrogen and oxygen atoms in total. The third kappa shape index (κ3) is 18.0. The molecule has 168 valence electrons. The first kappa shape index (κ1) is 26.0. The largest absolute Gasteiger partial charge is 0.370 e. The molecule has 0 saturated carbocycles. The first-order chi connectivity index (χ1) is 13.9. The maximum absolute atomic E-state index is 5.43. The molecule has 1 N–H and O–H groups in total. The lowest BCUT2D eigenvalue weighted by Gasteiger charge is -2.23. The van der Waals surface area contributed by atoms with Crippen LogP contribution in [-0.4, -0.2) is 32.8 Å². The lowest BCUT2D eigenvalue weighted by molar-refractivity contribution is -0.908. The Morgan fingerprint density at radius 3 is 1.14 bits per heavy atom. The summed E-state index contributed by atoms with van der Waals surface area (Å²) in [5.41, 5.74) is 0. The Bertz CT molecular complexity index is 288. The van der Waals surface area contributed by atoms with Gasteiger partial charge in [0.05, 0.1) is 19.8 Å². The molecule has 0 atom stereocenters. The van der Waals surface area contributed by atoms with Crippen LogP contribution in [-0.2, 0) is 4.74 Å². The smallest absolute Gasteiger partial charge is 0.101 e. The Hall–Kier alpha value is -0.0800. The van der Waals surface area contributed by atoms with Crippen LogP contribution in [0.1, 0.15) is 135 Å². The second-order valence-corrected chi connectivity index (χ2v) is 9.33. The fourth-order valence-corrected chi connectivity index (χ4v) is 4.54. The summed E-state index contributed by atoms with van der Waals surface area (Å²) < 4.78 is 5.43. The Labute approximate surface area is 178 Å². The first-order valence-electron chi connectivity index (χ1n) is 13.3.